The molecule has 0 aromatic heterocycles. The molecule has 2 saturated heterocycles. The number of carbonyl (C=O) groups excluding carboxylic acids is 8. The topological polar surface area (TPSA) is 279 Å². The van der Waals surface area contributed by atoms with Gasteiger partial charge in [-0.1, -0.05) is 69.2 Å². The van der Waals surface area contributed by atoms with E-state index < -0.39 is 109 Å². The third-order valence-electron chi connectivity index (χ3n) is 11.0. The van der Waals surface area contributed by atoms with Gasteiger partial charge in [-0.05, 0) is 87.4 Å². The Hall–Kier alpha value is -4.81. The quantitative estimate of drug-likeness (QED) is 0.0635. The van der Waals surface area contributed by atoms with Gasteiger partial charge in [0, 0.05) is 13.1 Å². The lowest BCUT2D eigenvalue weighted by atomic mass is 9.99. The maximum atomic E-state index is 13.7. The van der Waals surface area contributed by atoms with Gasteiger partial charge in [0.1, 0.15) is 36.3 Å². The Bertz CT molecular complexity index is 1600. The fraction of sp³-hybridized carbons (Fsp3) is 0.795. The molecule has 19 nitrogen and oxygen atoms in total. The van der Waals surface area contributed by atoms with Crippen molar-refractivity contribution >= 4 is 53.2 Å². The molecule has 0 saturated carbocycles. The number of carboxylic acid groups (broad SMARTS) is 1. The molecular weight excluding hydrogens is 815 g/mol. The molecule has 0 spiro atoms. The molecule has 0 unspecified atom stereocenters. The number of nitrogens with zero attached hydrogens (tertiary/aromatic N) is 2. The van der Waals surface area contributed by atoms with Crippen LogP contribution in [0.1, 0.15) is 127 Å². The average Bonchev–Trinajstić information content (AvgIpc) is 3.88. The van der Waals surface area contributed by atoms with Crippen molar-refractivity contribution in [2.24, 2.45) is 35.3 Å². The molecule has 63 heavy (non-hydrogen) atoms. The molecule has 2 heterocycles. The Labute approximate surface area is 373 Å². The summed E-state index contributed by atoms with van der Waals surface area (Å²) in [5.74, 6) is -5.44. The molecule has 358 valence electrons. The Kier molecular flexibility index (Phi) is 22.5. The van der Waals surface area contributed by atoms with Crippen LogP contribution in [0.25, 0.3) is 0 Å². The zero-order valence-electron chi connectivity index (χ0n) is 39.2. The van der Waals surface area contributed by atoms with E-state index >= 15 is 0 Å². The van der Waals surface area contributed by atoms with Crippen molar-refractivity contribution in [3.63, 3.8) is 0 Å². The van der Waals surface area contributed by atoms with Crippen LogP contribution in [0.3, 0.4) is 0 Å². The van der Waals surface area contributed by atoms with Crippen LogP contribution >= 0.6 is 0 Å². The zero-order chi connectivity index (χ0) is 47.7. The number of likely N-dealkylation sites (tertiary alicyclic amines) is 2. The van der Waals surface area contributed by atoms with Crippen LogP contribution in [-0.4, -0.2) is 137 Å². The summed E-state index contributed by atoms with van der Waals surface area (Å²) in [5, 5.41) is 25.6. The lowest BCUT2D eigenvalue weighted by Gasteiger charge is -2.28. The van der Waals surface area contributed by atoms with E-state index in [1.165, 1.54) is 9.80 Å². The summed E-state index contributed by atoms with van der Waals surface area (Å²) < 4.78 is 0. The summed E-state index contributed by atoms with van der Waals surface area (Å²) in [4.78, 5) is 121. The molecule has 19 heteroatoms. The molecule has 0 aromatic carbocycles. The van der Waals surface area contributed by atoms with Crippen molar-refractivity contribution in [1.82, 2.24) is 41.7 Å². The van der Waals surface area contributed by atoms with Crippen molar-refractivity contribution in [3.8, 4) is 0 Å². The normalized spacial score (nSPS) is 18.8. The number of carboxylic acids is 1. The highest BCUT2D eigenvalue weighted by Crippen LogP contribution is 2.20. The second-order valence-electron chi connectivity index (χ2n) is 19.3. The highest BCUT2D eigenvalue weighted by atomic mass is 16.4. The summed E-state index contributed by atoms with van der Waals surface area (Å²) in [5.41, 5.74) is 6.07. The van der Waals surface area contributed by atoms with Gasteiger partial charge in [0.05, 0.1) is 19.1 Å². The molecule has 2 fully saturated rings. The predicted molar refractivity (Wildman–Crippen MR) is 236 cm³/mol. The summed E-state index contributed by atoms with van der Waals surface area (Å²) in [7, 11) is 0. The molecule has 7 atom stereocenters. The number of rotatable bonds is 25. The minimum atomic E-state index is -1.16. The molecule has 2 aliphatic heterocycles. The molecule has 0 radical (unpaired) electrons. The Morgan fingerprint density at radius 3 is 1.21 bits per heavy atom. The number of nitrogens with one attached hydrogen (secondary N) is 6. The number of hydrogen-bond acceptors (Lipinski definition) is 10. The van der Waals surface area contributed by atoms with E-state index in [0.29, 0.717) is 38.5 Å². The van der Waals surface area contributed by atoms with Crippen LogP contribution in [0.15, 0.2) is 0 Å². The summed E-state index contributed by atoms with van der Waals surface area (Å²) in [6.07, 6.45) is 3.12. The van der Waals surface area contributed by atoms with Gasteiger partial charge in [-0.3, -0.25) is 38.4 Å². The SMILES string of the molecule is CC(C)C[C@H](NC(=O)[C@@H]1CCCN1C(=O)CNC(=O)[C@H](CC(C)C)NC(=O)[C@@H]1CCCN1C(=O)CNC(=O)[C@H](CC(C)C)NC(=O)[C@H](CC(C)C)NC(=O)[C@@H](N)CC(C)C)C(=O)O. The van der Waals surface area contributed by atoms with E-state index in [9.17, 15) is 48.3 Å². The second kappa shape index (κ2) is 26.1. The van der Waals surface area contributed by atoms with Gasteiger partial charge >= 0.3 is 5.97 Å². The Morgan fingerprint density at radius 1 is 0.492 bits per heavy atom. The summed E-state index contributed by atoms with van der Waals surface area (Å²) in [6, 6.07) is -6.72. The van der Waals surface area contributed by atoms with Crippen LogP contribution in [0.2, 0.25) is 0 Å². The van der Waals surface area contributed by atoms with Crippen molar-refractivity contribution < 1.29 is 48.3 Å². The largest absolute Gasteiger partial charge is 0.480 e. The van der Waals surface area contributed by atoms with Crippen molar-refractivity contribution in [2.45, 2.75) is 169 Å². The molecule has 0 aliphatic carbocycles. The van der Waals surface area contributed by atoms with Crippen LogP contribution in [0, 0.1) is 29.6 Å². The Morgan fingerprint density at radius 2 is 0.825 bits per heavy atom. The van der Waals surface area contributed by atoms with Gasteiger partial charge in [0.2, 0.25) is 47.3 Å². The van der Waals surface area contributed by atoms with Gasteiger partial charge in [-0.2, -0.15) is 0 Å². The molecule has 9 N–H and O–H groups in total. The molecule has 0 bridgehead atoms. The zero-order valence-corrected chi connectivity index (χ0v) is 39.2. The van der Waals surface area contributed by atoms with Gasteiger partial charge in [-0.25, -0.2) is 4.79 Å². The molecule has 2 aliphatic rings. The van der Waals surface area contributed by atoms with Crippen molar-refractivity contribution in [2.75, 3.05) is 26.2 Å². The fourth-order valence-electron chi connectivity index (χ4n) is 7.95. The number of hydrogen-bond donors (Lipinski definition) is 8. The molecule has 2 rings (SSSR count). The maximum absolute atomic E-state index is 13.7. The first-order chi connectivity index (χ1) is 29.4. The maximum Gasteiger partial charge on any atom is 0.326 e. The molecule has 8 amide bonds. The van der Waals surface area contributed by atoms with E-state index in [2.05, 4.69) is 31.9 Å². The van der Waals surface area contributed by atoms with Crippen LogP contribution in [0.5, 0.6) is 0 Å². The summed E-state index contributed by atoms with van der Waals surface area (Å²) >= 11 is 0. The molecule has 0 aromatic rings. The lowest BCUT2D eigenvalue weighted by molar-refractivity contribution is -0.144. The van der Waals surface area contributed by atoms with E-state index in [1.54, 1.807) is 0 Å². The van der Waals surface area contributed by atoms with Gasteiger partial charge in [-0.15, -0.1) is 0 Å². The third kappa shape index (κ3) is 18.4. The molecular formula is C44H77N9O10. The number of aliphatic carboxylic acids is 1. The predicted octanol–water partition coefficient (Wildman–Crippen LogP) is 0.782. The standard InChI is InChI=1S/C44H77N9O10/c1-24(2)17-29(45)38(56)48-32(20-27(7)8)41(59)49-30(18-25(3)4)39(57)46-22-36(54)52-15-11-13-34(52)42(60)50-31(19-26(5)6)40(58)47-23-37(55)53-16-12-14-35(53)43(61)51-33(44(62)63)21-28(9)10/h24-35H,11-23,45H2,1-10H3,(H,46,57)(H,47,58)(H,48,56)(H,49,59)(H,50,60)(H,51,61)(H,62,63)/t29-,30-,31-,32-,33-,34-,35-/m0/s1. The second-order valence-corrected chi connectivity index (χ2v) is 19.3. The van der Waals surface area contributed by atoms with E-state index in [1.807, 2.05) is 69.2 Å². The minimum Gasteiger partial charge on any atom is -0.480 e. The lowest BCUT2D eigenvalue weighted by Crippen LogP contribution is -2.57. The van der Waals surface area contributed by atoms with Crippen LogP contribution in [0.4, 0.5) is 0 Å². The van der Waals surface area contributed by atoms with Gasteiger partial charge in [0.15, 0.2) is 0 Å². The van der Waals surface area contributed by atoms with E-state index in [0.717, 1.165) is 0 Å². The smallest absolute Gasteiger partial charge is 0.326 e. The Balaban J connectivity index is 2.06. The first-order valence-corrected chi connectivity index (χ1v) is 22.8. The first kappa shape index (κ1) is 54.3. The average molecular weight is 892 g/mol. The number of nitrogens with two attached hydrogens (primary N) is 1. The van der Waals surface area contributed by atoms with Gasteiger partial charge in [0.25, 0.3) is 0 Å². The summed E-state index contributed by atoms with van der Waals surface area (Å²) in [6.45, 7) is 18.5. The fourth-order valence-corrected chi connectivity index (χ4v) is 7.95. The number of carbonyl (C=O) groups is 9. The number of amides is 8. The van der Waals surface area contributed by atoms with E-state index in [4.69, 9.17) is 5.73 Å². The highest BCUT2D eigenvalue weighted by Gasteiger charge is 2.39. The minimum absolute atomic E-state index is 0.0133. The van der Waals surface area contributed by atoms with Crippen LogP contribution in [-0.2, 0) is 43.2 Å². The van der Waals surface area contributed by atoms with Crippen molar-refractivity contribution in [3.05, 3.63) is 0 Å². The van der Waals surface area contributed by atoms with E-state index in [-0.39, 0.29) is 61.9 Å². The first-order valence-electron chi connectivity index (χ1n) is 22.8. The van der Waals surface area contributed by atoms with Crippen LogP contribution < -0.4 is 37.6 Å². The third-order valence-corrected chi connectivity index (χ3v) is 11.0. The van der Waals surface area contributed by atoms with Crippen molar-refractivity contribution in [1.29, 1.82) is 0 Å². The monoisotopic (exact) mass is 892 g/mol. The van der Waals surface area contributed by atoms with Gasteiger partial charge < -0.3 is 52.5 Å². The highest BCUT2D eigenvalue weighted by molar-refractivity contribution is 5.97.